The normalized spacial score (nSPS) is 14.3. The lowest BCUT2D eigenvalue weighted by atomic mass is 10.1. The molecule has 1 fully saturated rings. The van der Waals surface area contributed by atoms with Gasteiger partial charge in [0.15, 0.2) is 0 Å². The summed E-state index contributed by atoms with van der Waals surface area (Å²) in [4.78, 5) is 13.7. The first kappa shape index (κ1) is 16.3. The smallest absolute Gasteiger partial charge is 0.337 e. The van der Waals surface area contributed by atoms with Crippen LogP contribution in [-0.4, -0.2) is 39.4 Å². The molecule has 5 nitrogen and oxygen atoms in total. The fraction of sp³-hybridized carbons (Fsp3) is 0.316. The first-order valence-corrected chi connectivity index (χ1v) is 8.10. The molecule has 0 radical (unpaired) electrons. The Hall–Kier alpha value is -2.53. The molecule has 1 aliphatic heterocycles. The van der Waals surface area contributed by atoms with Crippen LogP contribution in [0.4, 0.5) is 11.4 Å². The summed E-state index contributed by atoms with van der Waals surface area (Å²) in [5.41, 5.74) is 3.98. The number of nitrogens with one attached hydrogen (secondary N) is 1. The molecule has 24 heavy (non-hydrogen) atoms. The Labute approximate surface area is 142 Å². The lowest BCUT2D eigenvalue weighted by molar-refractivity contribution is 0.0600. The Morgan fingerprint density at radius 3 is 2.38 bits per heavy atom. The van der Waals surface area contributed by atoms with Crippen molar-refractivity contribution in [3.05, 3.63) is 59.7 Å². The van der Waals surface area contributed by atoms with E-state index < -0.39 is 0 Å². The van der Waals surface area contributed by atoms with Gasteiger partial charge in [-0.05, 0) is 42.0 Å². The molecular weight excluding hydrogens is 304 g/mol. The first-order valence-electron chi connectivity index (χ1n) is 8.10. The third-order valence-corrected chi connectivity index (χ3v) is 4.12. The minimum Gasteiger partial charge on any atom is -0.465 e. The van der Waals surface area contributed by atoms with Crippen LogP contribution >= 0.6 is 0 Å². The van der Waals surface area contributed by atoms with E-state index in [1.807, 2.05) is 12.1 Å². The maximum atomic E-state index is 11.4. The van der Waals surface area contributed by atoms with Crippen LogP contribution < -0.4 is 10.2 Å². The van der Waals surface area contributed by atoms with Crippen molar-refractivity contribution in [2.45, 2.75) is 6.54 Å². The second kappa shape index (κ2) is 7.84. The molecule has 0 aliphatic carbocycles. The molecule has 0 spiro atoms. The molecule has 0 unspecified atom stereocenters. The summed E-state index contributed by atoms with van der Waals surface area (Å²) in [5.74, 6) is -0.312. The zero-order valence-electron chi connectivity index (χ0n) is 13.8. The van der Waals surface area contributed by atoms with Crippen LogP contribution in [0.2, 0.25) is 0 Å². The molecule has 5 heteroatoms. The number of morpholine rings is 1. The Bertz CT molecular complexity index is 662. The Kier molecular flexibility index (Phi) is 5.33. The number of carbonyl (C=O) groups excluding carboxylic acids is 1. The van der Waals surface area contributed by atoms with E-state index >= 15 is 0 Å². The van der Waals surface area contributed by atoms with Crippen LogP contribution in [-0.2, 0) is 16.0 Å². The Morgan fingerprint density at radius 2 is 1.75 bits per heavy atom. The van der Waals surface area contributed by atoms with Crippen LogP contribution in [0.25, 0.3) is 0 Å². The molecule has 2 aromatic carbocycles. The Balaban J connectivity index is 1.55. The SMILES string of the molecule is COC(=O)c1ccc(CNc2ccc(N3CCOCC3)cc2)cc1. The largest absolute Gasteiger partial charge is 0.465 e. The molecule has 2 aromatic rings. The van der Waals surface area contributed by atoms with Crippen LogP contribution in [0.1, 0.15) is 15.9 Å². The van der Waals surface area contributed by atoms with Crippen LogP contribution in [0.15, 0.2) is 48.5 Å². The van der Waals surface area contributed by atoms with E-state index in [1.54, 1.807) is 12.1 Å². The number of anilines is 2. The van der Waals surface area contributed by atoms with Gasteiger partial charge in [0.05, 0.1) is 25.9 Å². The number of nitrogens with zero attached hydrogens (tertiary/aromatic N) is 1. The van der Waals surface area contributed by atoms with Crippen molar-refractivity contribution in [3.8, 4) is 0 Å². The van der Waals surface area contributed by atoms with Gasteiger partial charge >= 0.3 is 5.97 Å². The predicted octanol–water partition coefficient (Wildman–Crippen LogP) is 2.92. The number of hydrogen-bond acceptors (Lipinski definition) is 5. The number of methoxy groups -OCH3 is 1. The molecule has 1 heterocycles. The summed E-state index contributed by atoms with van der Waals surface area (Å²) in [6, 6.07) is 15.9. The quantitative estimate of drug-likeness (QED) is 0.856. The highest BCUT2D eigenvalue weighted by atomic mass is 16.5. The lowest BCUT2D eigenvalue weighted by Gasteiger charge is -2.28. The van der Waals surface area contributed by atoms with Gasteiger partial charge in [0.1, 0.15) is 0 Å². The molecule has 1 N–H and O–H groups in total. The summed E-state index contributed by atoms with van der Waals surface area (Å²) in [5, 5.41) is 3.39. The molecule has 3 rings (SSSR count). The van der Waals surface area contributed by atoms with Gasteiger partial charge in [0, 0.05) is 31.0 Å². The third-order valence-electron chi connectivity index (χ3n) is 4.12. The van der Waals surface area contributed by atoms with Crippen molar-refractivity contribution in [2.24, 2.45) is 0 Å². The number of benzene rings is 2. The van der Waals surface area contributed by atoms with Crippen molar-refractivity contribution in [3.63, 3.8) is 0 Å². The summed E-state index contributed by atoms with van der Waals surface area (Å²) in [6.45, 7) is 4.18. The maximum absolute atomic E-state index is 11.4. The first-order chi connectivity index (χ1) is 11.8. The number of carbonyl (C=O) groups is 1. The van der Waals surface area contributed by atoms with Gasteiger partial charge < -0.3 is 19.7 Å². The van der Waals surface area contributed by atoms with E-state index in [4.69, 9.17) is 9.47 Å². The van der Waals surface area contributed by atoms with Gasteiger partial charge in [0.25, 0.3) is 0 Å². The summed E-state index contributed by atoms with van der Waals surface area (Å²) >= 11 is 0. The zero-order chi connectivity index (χ0) is 16.8. The molecule has 126 valence electrons. The number of ether oxygens (including phenoxy) is 2. The highest BCUT2D eigenvalue weighted by Crippen LogP contribution is 2.19. The molecule has 0 amide bonds. The van der Waals surface area contributed by atoms with Crippen LogP contribution in [0.5, 0.6) is 0 Å². The summed E-state index contributed by atoms with van der Waals surface area (Å²) in [7, 11) is 1.39. The third kappa shape index (κ3) is 4.06. The minimum atomic E-state index is -0.312. The van der Waals surface area contributed by atoms with Crippen molar-refractivity contribution in [1.82, 2.24) is 0 Å². The maximum Gasteiger partial charge on any atom is 0.337 e. The lowest BCUT2D eigenvalue weighted by Crippen LogP contribution is -2.36. The average molecular weight is 326 g/mol. The van der Waals surface area contributed by atoms with E-state index in [0.717, 1.165) is 37.6 Å². The highest BCUT2D eigenvalue weighted by molar-refractivity contribution is 5.89. The van der Waals surface area contributed by atoms with E-state index in [2.05, 4.69) is 34.5 Å². The van der Waals surface area contributed by atoms with Crippen molar-refractivity contribution in [2.75, 3.05) is 43.6 Å². The summed E-state index contributed by atoms with van der Waals surface area (Å²) in [6.07, 6.45) is 0. The Morgan fingerprint density at radius 1 is 1.08 bits per heavy atom. The van der Waals surface area contributed by atoms with Gasteiger partial charge in [-0.2, -0.15) is 0 Å². The van der Waals surface area contributed by atoms with E-state index in [0.29, 0.717) is 12.1 Å². The van der Waals surface area contributed by atoms with E-state index in [-0.39, 0.29) is 5.97 Å². The molecular formula is C19H22N2O3. The fourth-order valence-corrected chi connectivity index (χ4v) is 2.69. The summed E-state index contributed by atoms with van der Waals surface area (Å²) < 4.78 is 10.1. The average Bonchev–Trinajstić information content (AvgIpc) is 2.67. The number of hydrogen-bond donors (Lipinski definition) is 1. The second-order valence-corrected chi connectivity index (χ2v) is 5.69. The zero-order valence-corrected chi connectivity index (χ0v) is 13.8. The van der Waals surface area contributed by atoms with Crippen molar-refractivity contribution < 1.29 is 14.3 Å². The van der Waals surface area contributed by atoms with Crippen LogP contribution in [0.3, 0.4) is 0 Å². The molecule has 0 aromatic heterocycles. The number of esters is 1. The van der Waals surface area contributed by atoms with Gasteiger partial charge in [-0.15, -0.1) is 0 Å². The van der Waals surface area contributed by atoms with E-state index in [9.17, 15) is 4.79 Å². The van der Waals surface area contributed by atoms with Crippen molar-refractivity contribution in [1.29, 1.82) is 0 Å². The fourth-order valence-electron chi connectivity index (χ4n) is 2.69. The van der Waals surface area contributed by atoms with Gasteiger partial charge in [-0.1, -0.05) is 12.1 Å². The van der Waals surface area contributed by atoms with E-state index in [1.165, 1.54) is 12.8 Å². The van der Waals surface area contributed by atoms with Gasteiger partial charge in [-0.3, -0.25) is 0 Å². The molecule has 0 bridgehead atoms. The topological polar surface area (TPSA) is 50.8 Å². The monoisotopic (exact) mass is 326 g/mol. The predicted molar refractivity (Wildman–Crippen MR) is 94.6 cm³/mol. The molecule has 0 saturated carbocycles. The second-order valence-electron chi connectivity index (χ2n) is 5.69. The molecule has 0 atom stereocenters. The minimum absolute atomic E-state index is 0.312. The van der Waals surface area contributed by atoms with Crippen molar-refractivity contribution >= 4 is 17.3 Å². The molecule has 1 aliphatic rings. The standard InChI is InChI=1S/C19H22N2O3/c1-23-19(22)16-4-2-15(3-5-16)14-20-17-6-8-18(9-7-17)21-10-12-24-13-11-21/h2-9,20H,10-14H2,1H3. The number of rotatable bonds is 5. The van der Waals surface area contributed by atoms with Gasteiger partial charge in [0.2, 0.25) is 0 Å². The highest BCUT2D eigenvalue weighted by Gasteiger charge is 2.10. The molecule has 1 saturated heterocycles. The van der Waals surface area contributed by atoms with Crippen LogP contribution in [0, 0.1) is 0 Å². The van der Waals surface area contributed by atoms with Gasteiger partial charge in [-0.25, -0.2) is 4.79 Å².